The Bertz CT molecular complexity index is 650. The van der Waals surface area contributed by atoms with Crippen molar-refractivity contribution in [1.82, 2.24) is 9.55 Å². The predicted molar refractivity (Wildman–Crippen MR) is 87.1 cm³/mol. The van der Waals surface area contributed by atoms with Crippen LogP contribution in [0.3, 0.4) is 0 Å². The molecule has 20 heavy (non-hydrogen) atoms. The Hall–Kier alpha value is -1.29. The minimum atomic E-state index is 0.0335. The number of imidazole rings is 1. The van der Waals surface area contributed by atoms with E-state index in [1.165, 1.54) is 0 Å². The third-order valence-corrected chi connectivity index (χ3v) is 4.39. The maximum absolute atomic E-state index is 5.88. The van der Waals surface area contributed by atoms with Crippen LogP contribution < -0.4 is 4.74 Å². The van der Waals surface area contributed by atoms with Gasteiger partial charge in [-0.3, -0.25) is 0 Å². The maximum Gasteiger partial charge on any atom is 0.178 e. The van der Waals surface area contributed by atoms with Crippen LogP contribution in [0.1, 0.15) is 47.5 Å². The van der Waals surface area contributed by atoms with Crippen LogP contribution in [0.4, 0.5) is 0 Å². The van der Waals surface area contributed by atoms with E-state index in [0.29, 0.717) is 0 Å². The zero-order valence-corrected chi connectivity index (χ0v) is 13.8. The fraction of sp³-hybridized carbons (Fsp3) is 0.562. The van der Waals surface area contributed by atoms with E-state index in [9.17, 15) is 0 Å². The number of H-pyrrole nitrogens is 1. The lowest BCUT2D eigenvalue weighted by atomic mass is 9.95. The number of nitrogens with one attached hydrogen (secondary N) is 1. The second-order valence-corrected chi connectivity index (χ2v) is 6.17. The van der Waals surface area contributed by atoms with Crippen molar-refractivity contribution in [1.29, 1.82) is 0 Å². The van der Waals surface area contributed by atoms with Gasteiger partial charge in [0.05, 0.1) is 11.6 Å². The van der Waals surface area contributed by atoms with Gasteiger partial charge >= 0.3 is 0 Å². The van der Waals surface area contributed by atoms with Crippen molar-refractivity contribution in [2.75, 3.05) is 0 Å². The van der Waals surface area contributed by atoms with Crippen LogP contribution in [0, 0.1) is 4.77 Å². The molecule has 0 aliphatic carbocycles. The van der Waals surface area contributed by atoms with Gasteiger partial charge in [0.2, 0.25) is 0 Å². The van der Waals surface area contributed by atoms with Gasteiger partial charge in [-0.2, -0.15) is 0 Å². The standard InChI is InChI=1S/C16H24N2OS/c1-6-16(5,7-2)18-12-9-8-10-13(19-11(3)4)14(12)17-15(18)20/h8-11H,6-7H2,1-5H3,(H,17,20). The van der Waals surface area contributed by atoms with Crippen LogP contribution in [-0.2, 0) is 5.54 Å². The number of para-hydroxylation sites is 1. The maximum atomic E-state index is 5.88. The number of hydrogen-bond acceptors (Lipinski definition) is 2. The molecular formula is C16H24N2OS. The van der Waals surface area contributed by atoms with Crippen molar-refractivity contribution in [3.8, 4) is 5.75 Å². The highest BCUT2D eigenvalue weighted by Crippen LogP contribution is 2.33. The molecule has 2 aromatic rings. The summed E-state index contributed by atoms with van der Waals surface area (Å²) in [6, 6.07) is 6.14. The molecule has 0 bridgehead atoms. The van der Waals surface area contributed by atoms with Crippen molar-refractivity contribution >= 4 is 23.3 Å². The van der Waals surface area contributed by atoms with Gasteiger partial charge in [-0.1, -0.05) is 19.9 Å². The first-order valence-corrected chi connectivity index (χ1v) is 7.74. The summed E-state index contributed by atoms with van der Waals surface area (Å²) in [4.78, 5) is 3.33. The van der Waals surface area contributed by atoms with Crippen LogP contribution >= 0.6 is 12.2 Å². The Kier molecular flexibility index (Phi) is 4.23. The first-order valence-electron chi connectivity index (χ1n) is 7.33. The molecule has 1 aromatic heterocycles. The first kappa shape index (κ1) is 15.1. The highest BCUT2D eigenvalue weighted by molar-refractivity contribution is 7.71. The van der Waals surface area contributed by atoms with Gasteiger partial charge < -0.3 is 14.3 Å². The third-order valence-electron chi connectivity index (χ3n) is 4.11. The summed E-state index contributed by atoms with van der Waals surface area (Å²) in [6.45, 7) is 10.7. The van der Waals surface area contributed by atoms with Crippen molar-refractivity contribution < 1.29 is 4.74 Å². The highest BCUT2D eigenvalue weighted by atomic mass is 32.1. The molecule has 0 radical (unpaired) electrons. The average molecular weight is 292 g/mol. The van der Waals surface area contributed by atoms with E-state index in [2.05, 4.69) is 36.4 Å². The zero-order chi connectivity index (χ0) is 14.9. The van der Waals surface area contributed by atoms with Gasteiger partial charge in [-0.15, -0.1) is 0 Å². The second kappa shape index (κ2) is 5.60. The molecule has 1 aromatic carbocycles. The number of fused-ring (bicyclic) bond motifs is 1. The molecule has 1 N–H and O–H groups in total. The monoisotopic (exact) mass is 292 g/mol. The molecule has 1 heterocycles. The number of rotatable bonds is 5. The van der Waals surface area contributed by atoms with Gasteiger partial charge in [0.15, 0.2) is 4.77 Å². The summed E-state index contributed by atoms with van der Waals surface area (Å²) in [5, 5.41) is 0. The van der Waals surface area contributed by atoms with Gasteiger partial charge in [0, 0.05) is 5.54 Å². The Morgan fingerprint density at radius 3 is 2.50 bits per heavy atom. The molecule has 0 fully saturated rings. The lowest BCUT2D eigenvalue weighted by Crippen LogP contribution is -2.28. The molecule has 3 nitrogen and oxygen atoms in total. The van der Waals surface area contributed by atoms with E-state index < -0.39 is 0 Å². The molecule has 0 unspecified atom stereocenters. The Labute approximate surface area is 126 Å². The number of ether oxygens (including phenoxy) is 1. The van der Waals surface area contributed by atoms with Crippen LogP contribution in [0.25, 0.3) is 11.0 Å². The normalized spacial score (nSPS) is 12.3. The van der Waals surface area contributed by atoms with Crippen LogP contribution in [0.5, 0.6) is 5.75 Å². The van der Waals surface area contributed by atoms with E-state index in [0.717, 1.165) is 34.4 Å². The van der Waals surface area contributed by atoms with E-state index in [1.807, 2.05) is 26.0 Å². The lowest BCUT2D eigenvalue weighted by molar-refractivity contribution is 0.245. The summed E-state index contributed by atoms with van der Waals surface area (Å²) in [5.74, 6) is 0.872. The van der Waals surface area contributed by atoms with E-state index in [4.69, 9.17) is 17.0 Å². The van der Waals surface area contributed by atoms with Crippen molar-refractivity contribution in [2.24, 2.45) is 0 Å². The fourth-order valence-electron chi connectivity index (χ4n) is 2.56. The minimum Gasteiger partial charge on any atom is -0.489 e. The first-order chi connectivity index (χ1) is 9.42. The summed E-state index contributed by atoms with van der Waals surface area (Å²) in [5.41, 5.74) is 2.16. The molecule has 110 valence electrons. The van der Waals surface area contributed by atoms with Crippen LogP contribution in [0.15, 0.2) is 18.2 Å². The van der Waals surface area contributed by atoms with E-state index in [1.54, 1.807) is 0 Å². The summed E-state index contributed by atoms with van der Waals surface area (Å²) in [7, 11) is 0. The molecular weight excluding hydrogens is 268 g/mol. The molecule has 0 spiro atoms. The molecule has 0 saturated heterocycles. The summed E-state index contributed by atoms with van der Waals surface area (Å²) < 4.78 is 8.90. The average Bonchev–Trinajstić information content (AvgIpc) is 2.75. The SMILES string of the molecule is CCC(C)(CC)n1c(=S)[nH]c2c(OC(C)C)cccc21. The molecule has 0 aliphatic rings. The molecule has 0 amide bonds. The number of aromatic nitrogens is 2. The predicted octanol–water partition coefficient (Wildman–Crippen LogP) is 5.02. The molecule has 0 saturated carbocycles. The quantitative estimate of drug-likeness (QED) is 0.784. The Morgan fingerprint density at radius 1 is 1.30 bits per heavy atom. The second-order valence-electron chi connectivity index (χ2n) is 5.79. The smallest absolute Gasteiger partial charge is 0.178 e. The molecule has 4 heteroatoms. The van der Waals surface area contributed by atoms with Gasteiger partial charge in [-0.05, 0) is 58.0 Å². The van der Waals surface area contributed by atoms with E-state index in [-0.39, 0.29) is 11.6 Å². The van der Waals surface area contributed by atoms with Gasteiger partial charge in [0.1, 0.15) is 11.3 Å². The van der Waals surface area contributed by atoms with Crippen molar-refractivity contribution in [3.63, 3.8) is 0 Å². The lowest BCUT2D eigenvalue weighted by Gasteiger charge is -2.29. The Balaban J connectivity index is 2.70. The molecule has 0 atom stereocenters. The van der Waals surface area contributed by atoms with Crippen LogP contribution in [0.2, 0.25) is 0 Å². The molecule has 0 aliphatic heterocycles. The van der Waals surface area contributed by atoms with Crippen molar-refractivity contribution in [2.45, 2.75) is 59.1 Å². The fourth-order valence-corrected chi connectivity index (χ4v) is 2.98. The third kappa shape index (κ3) is 2.49. The number of hydrogen-bond donors (Lipinski definition) is 1. The highest BCUT2D eigenvalue weighted by Gasteiger charge is 2.25. The zero-order valence-electron chi connectivity index (χ0n) is 13.0. The minimum absolute atomic E-state index is 0.0335. The largest absolute Gasteiger partial charge is 0.489 e. The number of aromatic amines is 1. The summed E-state index contributed by atoms with van der Waals surface area (Å²) >= 11 is 5.56. The topological polar surface area (TPSA) is 29.9 Å². The van der Waals surface area contributed by atoms with Gasteiger partial charge in [0.25, 0.3) is 0 Å². The van der Waals surface area contributed by atoms with Crippen LogP contribution in [-0.4, -0.2) is 15.7 Å². The number of benzene rings is 1. The van der Waals surface area contributed by atoms with Crippen molar-refractivity contribution in [3.05, 3.63) is 23.0 Å². The van der Waals surface area contributed by atoms with Gasteiger partial charge in [-0.25, -0.2) is 0 Å². The van der Waals surface area contributed by atoms with E-state index >= 15 is 0 Å². The summed E-state index contributed by atoms with van der Waals surface area (Å²) in [6.07, 6.45) is 2.23. The number of nitrogens with zero attached hydrogens (tertiary/aromatic N) is 1. The molecule has 2 rings (SSSR count). The Morgan fingerprint density at radius 2 is 1.95 bits per heavy atom.